The molecule has 0 aliphatic carbocycles. The van der Waals surface area contributed by atoms with Gasteiger partial charge in [-0.15, -0.1) is 11.8 Å². The van der Waals surface area contributed by atoms with Gasteiger partial charge >= 0.3 is 0 Å². The normalized spacial score (nSPS) is 20.6. The number of carbonyl (C=O) groups is 1. The number of benzene rings is 3. The van der Waals surface area contributed by atoms with E-state index in [1.165, 1.54) is 21.6 Å². The molecule has 0 bridgehead atoms. The van der Waals surface area contributed by atoms with Gasteiger partial charge in [0, 0.05) is 27.5 Å². The maximum absolute atomic E-state index is 11.1. The molecule has 1 heterocycles. The first kappa shape index (κ1) is 19.6. The number of hydrogen-bond donors (Lipinski definition) is 0. The molecule has 3 aromatic carbocycles. The van der Waals surface area contributed by atoms with Gasteiger partial charge in [0.25, 0.3) is 0 Å². The third-order valence-corrected chi connectivity index (χ3v) is 7.26. The number of carbonyl (C=O) groups excluding carboxylic acids is 1. The zero-order valence-corrected chi connectivity index (χ0v) is 17.7. The summed E-state index contributed by atoms with van der Waals surface area (Å²) in [6, 6.07) is 22.7. The third-order valence-electron chi connectivity index (χ3n) is 5.85. The fraction of sp³-hybridized carbons (Fsp3) is 0.240. The monoisotopic (exact) mass is 404 g/mol. The minimum atomic E-state index is -0.110. The molecule has 0 saturated carbocycles. The molecule has 1 aliphatic rings. The summed E-state index contributed by atoms with van der Waals surface area (Å²) in [5.74, 6) is 2.84. The van der Waals surface area contributed by atoms with Crippen molar-refractivity contribution in [3.05, 3.63) is 89.0 Å². The lowest BCUT2D eigenvalue weighted by Gasteiger charge is -2.43. The molecular weight excluding hydrogens is 380 g/mol. The number of thioether (sulfide) groups is 1. The van der Waals surface area contributed by atoms with Crippen LogP contribution in [-0.2, 0) is 5.41 Å². The van der Waals surface area contributed by atoms with Gasteiger partial charge in [-0.2, -0.15) is 0 Å². The Balaban J connectivity index is 1.87. The minimum absolute atomic E-state index is 0.110. The van der Waals surface area contributed by atoms with Gasteiger partial charge in [0.2, 0.25) is 0 Å². The number of hydrogen-bond acceptors (Lipinski definition) is 4. The van der Waals surface area contributed by atoms with Gasteiger partial charge in [-0.25, -0.2) is 0 Å². The van der Waals surface area contributed by atoms with Gasteiger partial charge in [-0.1, -0.05) is 49.4 Å². The Morgan fingerprint density at radius 2 is 1.59 bits per heavy atom. The first-order valence-corrected chi connectivity index (χ1v) is 10.6. The van der Waals surface area contributed by atoms with Crippen molar-refractivity contribution in [2.24, 2.45) is 0 Å². The minimum Gasteiger partial charge on any atom is -0.497 e. The molecule has 4 rings (SSSR count). The van der Waals surface area contributed by atoms with E-state index >= 15 is 0 Å². The molecule has 0 unspecified atom stereocenters. The molecule has 0 N–H and O–H groups in total. The molecule has 0 amide bonds. The maximum Gasteiger partial charge on any atom is 0.150 e. The van der Waals surface area contributed by atoms with Crippen LogP contribution in [0.1, 0.15) is 39.9 Å². The predicted octanol–water partition coefficient (Wildman–Crippen LogP) is 5.71. The lowest BCUT2D eigenvalue weighted by atomic mass is 9.67. The summed E-state index contributed by atoms with van der Waals surface area (Å²) in [6.07, 6.45) is 0.891. The molecule has 1 aliphatic heterocycles. The molecule has 2 atom stereocenters. The van der Waals surface area contributed by atoms with Crippen LogP contribution < -0.4 is 9.47 Å². The highest BCUT2D eigenvalue weighted by Crippen LogP contribution is 2.53. The Labute approximate surface area is 176 Å². The average molecular weight is 405 g/mol. The number of aldehydes is 1. The van der Waals surface area contributed by atoms with Crippen LogP contribution in [0.5, 0.6) is 11.5 Å². The van der Waals surface area contributed by atoms with E-state index in [0.717, 1.165) is 23.5 Å². The van der Waals surface area contributed by atoms with E-state index in [2.05, 4.69) is 43.3 Å². The Morgan fingerprint density at radius 3 is 2.21 bits per heavy atom. The van der Waals surface area contributed by atoms with E-state index in [9.17, 15) is 4.79 Å². The van der Waals surface area contributed by atoms with Crippen molar-refractivity contribution >= 4 is 18.0 Å². The highest BCUT2D eigenvalue weighted by atomic mass is 32.2. The maximum atomic E-state index is 11.1. The van der Waals surface area contributed by atoms with E-state index in [-0.39, 0.29) is 11.3 Å². The van der Waals surface area contributed by atoms with Crippen molar-refractivity contribution in [3.63, 3.8) is 0 Å². The van der Waals surface area contributed by atoms with Crippen molar-refractivity contribution < 1.29 is 14.3 Å². The van der Waals surface area contributed by atoms with Gasteiger partial charge in [-0.3, -0.25) is 4.79 Å². The lowest BCUT2D eigenvalue weighted by molar-refractivity contribution is 0.112. The molecule has 0 saturated heterocycles. The Morgan fingerprint density at radius 1 is 0.931 bits per heavy atom. The summed E-state index contributed by atoms with van der Waals surface area (Å²) in [6.45, 7) is 2.33. The fourth-order valence-electron chi connectivity index (χ4n) is 4.20. The molecule has 4 heteroatoms. The van der Waals surface area contributed by atoms with Crippen LogP contribution in [0.4, 0.5) is 0 Å². The van der Waals surface area contributed by atoms with E-state index < -0.39 is 0 Å². The van der Waals surface area contributed by atoms with Crippen molar-refractivity contribution in [2.75, 3.05) is 20.0 Å². The predicted molar refractivity (Wildman–Crippen MR) is 118 cm³/mol. The standard InChI is InChI=1S/C25H24O3S/c1-25(19-8-10-20(27-2)11-9-19)16-29-23-14-21(28-3)12-13-22(23)24(25)18-6-4-17(15-26)5-7-18/h4-15,24H,16H2,1-3H3/t24-,25-/m1/s1. The number of fused-ring (bicyclic) bond motifs is 1. The van der Waals surface area contributed by atoms with Gasteiger partial charge < -0.3 is 9.47 Å². The van der Waals surface area contributed by atoms with Crippen molar-refractivity contribution in [1.82, 2.24) is 0 Å². The van der Waals surface area contributed by atoms with Gasteiger partial charge in [-0.05, 0) is 41.0 Å². The van der Waals surface area contributed by atoms with Crippen LogP contribution in [0.2, 0.25) is 0 Å². The van der Waals surface area contributed by atoms with Crippen LogP contribution in [-0.4, -0.2) is 26.3 Å². The summed E-state index contributed by atoms with van der Waals surface area (Å²) >= 11 is 1.87. The van der Waals surface area contributed by atoms with Gasteiger partial charge in [0.15, 0.2) is 0 Å². The van der Waals surface area contributed by atoms with Crippen LogP contribution in [0.15, 0.2) is 71.6 Å². The van der Waals surface area contributed by atoms with Crippen LogP contribution >= 0.6 is 11.8 Å². The van der Waals surface area contributed by atoms with Crippen LogP contribution in [0.25, 0.3) is 0 Å². The fourth-order valence-corrected chi connectivity index (χ4v) is 5.54. The van der Waals surface area contributed by atoms with Gasteiger partial charge in [0.05, 0.1) is 14.2 Å². The third kappa shape index (κ3) is 3.53. The summed E-state index contributed by atoms with van der Waals surface area (Å²) < 4.78 is 10.8. The quantitative estimate of drug-likeness (QED) is 0.510. The molecule has 3 nitrogen and oxygen atoms in total. The van der Waals surface area contributed by atoms with Crippen molar-refractivity contribution in [3.8, 4) is 11.5 Å². The van der Waals surface area contributed by atoms with Gasteiger partial charge in [0.1, 0.15) is 17.8 Å². The summed E-state index contributed by atoms with van der Waals surface area (Å²) in [5, 5.41) is 0. The summed E-state index contributed by atoms with van der Waals surface area (Å²) in [5.41, 5.74) is 4.36. The SMILES string of the molecule is COc1ccc([C@@]2(C)CSc3cc(OC)ccc3[C@H]2c2ccc(C=O)cc2)cc1. The number of ether oxygens (including phenoxy) is 2. The smallest absolute Gasteiger partial charge is 0.150 e. The van der Waals surface area contributed by atoms with E-state index in [1.807, 2.05) is 42.1 Å². The number of methoxy groups -OCH3 is 2. The molecule has 0 radical (unpaired) electrons. The number of rotatable bonds is 5. The molecule has 3 aromatic rings. The Bertz CT molecular complexity index is 1010. The second kappa shape index (κ2) is 7.96. The highest BCUT2D eigenvalue weighted by Gasteiger charge is 2.42. The average Bonchev–Trinajstić information content (AvgIpc) is 2.79. The molecule has 29 heavy (non-hydrogen) atoms. The second-order valence-corrected chi connectivity index (χ2v) is 8.57. The zero-order valence-electron chi connectivity index (χ0n) is 16.8. The molecular formula is C25H24O3S. The largest absolute Gasteiger partial charge is 0.497 e. The molecule has 0 aromatic heterocycles. The Hall–Kier alpha value is -2.72. The second-order valence-electron chi connectivity index (χ2n) is 7.56. The topological polar surface area (TPSA) is 35.5 Å². The van der Waals surface area contributed by atoms with Crippen molar-refractivity contribution in [2.45, 2.75) is 23.2 Å². The Kier molecular flexibility index (Phi) is 5.37. The molecule has 0 fully saturated rings. The molecule has 148 valence electrons. The molecule has 0 spiro atoms. The van der Waals surface area contributed by atoms with E-state index in [4.69, 9.17) is 9.47 Å². The van der Waals surface area contributed by atoms with E-state index in [0.29, 0.717) is 5.56 Å². The van der Waals surface area contributed by atoms with Crippen LogP contribution in [0, 0.1) is 0 Å². The van der Waals surface area contributed by atoms with Crippen LogP contribution in [0.3, 0.4) is 0 Å². The summed E-state index contributed by atoms with van der Waals surface area (Å²) in [7, 11) is 3.39. The van der Waals surface area contributed by atoms with E-state index in [1.54, 1.807) is 14.2 Å². The lowest BCUT2D eigenvalue weighted by Crippen LogP contribution is -2.36. The highest BCUT2D eigenvalue weighted by molar-refractivity contribution is 7.99. The van der Waals surface area contributed by atoms with Crippen molar-refractivity contribution in [1.29, 1.82) is 0 Å². The summed E-state index contributed by atoms with van der Waals surface area (Å²) in [4.78, 5) is 12.4. The first-order chi connectivity index (χ1) is 14.1. The zero-order chi connectivity index (χ0) is 20.4. The first-order valence-electron chi connectivity index (χ1n) is 9.59.